The number of ether oxygens (including phenoxy) is 1. The third-order valence-corrected chi connectivity index (χ3v) is 3.49. The Balaban J connectivity index is 2.21. The molecule has 0 saturated carbocycles. The molecule has 0 spiro atoms. The first-order valence-corrected chi connectivity index (χ1v) is 6.15. The molecule has 1 nitrogen and oxygen atoms in total. The molecule has 2 rings (SSSR count). The Morgan fingerprint density at radius 2 is 1.82 bits per heavy atom. The highest BCUT2D eigenvalue weighted by Gasteiger charge is 2.05. The molecular formula is C13H10ClFOS. The number of halogens is 2. The van der Waals surface area contributed by atoms with E-state index in [1.165, 1.54) is 24.9 Å². The number of benzene rings is 2. The average Bonchev–Trinajstić information content (AvgIpc) is 2.34. The van der Waals surface area contributed by atoms with E-state index in [2.05, 4.69) is 0 Å². The summed E-state index contributed by atoms with van der Waals surface area (Å²) >= 11 is 7.14. The first kappa shape index (κ1) is 12.3. The molecule has 0 bridgehead atoms. The standard InChI is InChI=1S/C13H10ClFOS/c1-16-10-4-7-13(12(15)8-10)17-11-5-2-9(14)3-6-11/h2-8H,1H3. The molecule has 17 heavy (non-hydrogen) atoms. The fourth-order valence-corrected chi connectivity index (χ4v) is 2.27. The monoisotopic (exact) mass is 268 g/mol. The van der Waals surface area contributed by atoms with Crippen molar-refractivity contribution in [3.63, 3.8) is 0 Å². The summed E-state index contributed by atoms with van der Waals surface area (Å²) in [6.45, 7) is 0. The number of hydrogen-bond donors (Lipinski definition) is 0. The summed E-state index contributed by atoms with van der Waals surface area (Å²) in [5.41, 5.74) is 0. The van der Waals surface area contributed by atoms with Crippen molar-refractivity contribution in [3.05, 3.63) is 53.3 Å². The highest BCUT2D eigenvalue weighted by Crippen LogP contribution is 2.32. The van der Waals surface area contributed by atoms with E-state index in [0.29, 0.717) is 15.7 Å². The third-order valence-electron chi connectivity index (χ3n) is 2.18. The van der Waals surface area contributed by atoms with Crippen LogP contribution in [0.5, 0.6) is 5.75 Å². The Labute approximate surface area is 109 Å². The smallest absolute Gasteiger partial charge is 0.140 e. The van der Waals surface area contributed by atoms with Gasteiger partial charge in [-0.1, -0.05) is 23.4 Å². The van der Waals surface area contributed by atoms with Crippen LogP contribution in [0.2, 0.25) is 5.02 Å². The minimum Gasteiger partial charge on any atom is -0.497 e. The fourth-order valence-electron chi connectivity index (χ4n) is 1.32. The molecule has 0 aliphatic rings. The molecular weight excluding hydrogens is 259 g/mol. The van der Waals surface area contributed by atoms with Gasteiger partial charge in [0.25, 0.3) is 0 Å². The molecule has 0 radical (unpaired) electrons. The van der Waals surface area contributed by atoms with Crippen molar-refractivity contribution in [1.29, 1.82) is 0 Å². The van der Waals surface area contributed by atoms with Crippen LogP contribution < -0.4 is 4.74 Å². The number of hydrogen-bond acceptors (Lipinski definition) is 2. The number of methoxy groups -OCH3 is 1. The molecule has 0 saturated heterocycles. The van der Waals surface area contributed by atoms with Gasteiger partial charge in [0.2, 0.25) is 0 Å². The molecule has 0 atom stereocenters. The molecule has 0 heterocycles. The Morgan fingerprint density at radius 1 is 1.12 bits per heavy atom. The van der Waals surface area contributed by atoms with Crippen molar-refractivity contribution < 1.29 is 9.13 Å². The summed E-state index contributed by atoms with van der Waals surface area (Å²) in [7, 11) is 1.51. The van der Waals surface area contributed by atoms with Gasteiger partial charge in [-0.2, -0.15) is 0 Å². The van der Waals surface area contributed by atoms with Crippen molar-refractivity contribution in [1.82, 2.24) is 0 Å². The molecule has 88 valence electrons. The van der Waals surface area contributed by atoms with E-state index in [0.717, 1.165) is 4.90 Å². The minimum atomic E-state index is -0.288. The van der Waals surface area contributed by atoms with Crippen molar-refractivity contribution in [2.24, 2.45) is 0 Å². The second-order valence-corrected chi connectivity index (χ2v) is 4.90. The average molecular weight is 269 g/mol. The van der Waals surface area contributed by atoms with Crippen LogP contribution in [0.3, 0.4) is 0 Å². The Kier molecular flexibility index (Phi) is 3.92. The summed E-state index contributed by atoms with van der Waals surface area (Å²) in [4.78, 5) is 1.51. The van der Waals surface area contributed by atoms with Gasteiger partial charge in [0.1, 0.15) is 11.6 Å². The topological polar surface area (TPSA) is 9.23 Å². The largest absolute Gasteiger partial charge is 0.497 e. The molecule has 0 aliphatic carbocycles. The lowest BCUT2D eigenvalue weighted by atomic mass is 10.3. The first-order chi connectivity index (χ1) is 8.19. The highest BCUT2D eigenvalue weighted by atomic mass is 35.5. The molecule has 0 amide bonds. The fraction of sp³-hybridized carbons (Fsp3) is 0.0769. The van der Waals surface area contributed by atoms with E-state index in [-0.39, 0.29) is 5.82 Å². The summed E-state index contributed by atoms with van der Waals surface area (Å²) < 4.78 is 18.6. The first-order valence-electron chi connectivity index (χ1n) is 4.96. The maximum Gasteiger partial charge on any atom is 0.140 e. The highest BCUT2D eigenvalue weighted by molar-refractivity contribution is 7.99. The van der Waals surface area contributed by atoms with Crippen molar-refractivity contribution in [2.45, 2.75) is 9.79 Å². The second kappa shape index (κ2) is 5.43. The van der Waals surface area contributed by atoms with Gasteiger partial charge in [-0.15, -0.1) is 0 Å². The van der Waals surface area contributed by atoms with Crippen LogP contribution in [0.15, 0.2) is 52.3 Å². The predicted molar refractivity (Wildman–Crippen MR) is 68.5 cm³/mol. The van der Waals surface area contributed by atoms with Gasteiger partial charge in [0.05, 0.1) is 7.11 Å². The summed E-state index contributed by atoms with van der Waals surface area (Å²) in [6, 6.07) is 12.1. The minimum absolute atomic E-state index is 0.288. The molecule has 4 heteroatoms. The van der Waals surface area contributed by atoms with Crippen LogP contribution in [0.1, 0.15) is 0 Å². The Morgan fingerprint density at radius 3 is 2.41 bits per heavy atom. The van der Waals surface area contributed by atoms with Crippen molar-refractivity contribution in [3.8, 4) is 5.75 Å². The number of rotatable bonds is 3. The van der Waals surface area contributed by atoms with Crippen LogP contribution in [0.25, 0.3) is 0 Å². The quantitative estimate of drug-likeness (QED) is 0.802. The van der Waals surface area contributed by atoms with Gasteiger partial charge in [-0.05, 0) is 36.4 Å². The molecule has 0 unspecified atom stereocenters. The zero-order valence-electron chi connectivity index (χ0n) is 9.11. The predicted octanol–water partition coefficient (Wildman–Crippen LogP) is 4.64. The lowest BCUT2D eigenvalue weighted by Crippen LogP contribution is -1.86. The molecule has 2 aromatic rings. The Hall–Kier alpha value is -1.19. The summed E-state index contributed by atoms with van der Waals surface area (Å²) in [5.74, 6) is 0.229. The van der Waals surface area contributed by atoms with Crippen molar-refractivity contribution in [2.75, 3.05) is 7.11 Å². The van der Waals surface area contributed by atoms with Gasteiger partial charge in [-0.3, -0.25) is 0 Å². The van der Waals surface area contributed by atoms with E-state index in [1.54, 1.807) is 24.3 Å². The van der Waals surface area contributed by atoms with Crippen LogP contribution in [0.4, 0.5) is 4.39 Å². The van der Waals surface area contributed by atoms with Crippen LogP contribution in [-0.2, 0) is 0 Å². The van der Waals surface area contributed by atoms with Crippen LogP contribution in [0, 0.1) is 5.82 Å². The van der Waals surface area contributed by atoms with E-state index >= 15 is 0 Å². The maximum atomic E-state index is 13.7. The van der Waals surface area contributed by atoms with Crippen LogP contribution in [-0.4, -0.2) is 7.11 Å². The van der Waals surface area contributed by atoms with E-state index < -0.39 is 0 Å². The maximum absolute atomic E-state index is 13.7. The molecule has 0 fully saturated rings. The zero-order valence-corrected chi connectivity index (χ0v) is 10.7. The van der Waals surface area contributed by atoms with Gasteiger partial charge in [0, 0.05) is 20.9 Å². The molecule has 0 aromatic heterocycles. The summed E-state index contributed by atoms with van der Waals surface area (Å²) in [5, 5.41) is 0.671. The molecule has 0 aliphatic heterocycles. The van der Waals surface area contributed by atoms with E-state index in [1.807, 2.05) is 12.1 Å². The zero-order chi connectivity index (χ0) is 12.3. The summed E-state index contributed by atoms with van der Waals surface area (Å²) in [6.07, 6.45) is 0. The SMILES string of the molecule is COc1ccc(Sc2ccc(Cl)cc2)c(F)c1. The van der Waals surface area contributed by atoms with Crippen LogP contribution >= 0.6 is 23.4 Å². The van der Waals surface area contributed by atoms with Gasteiger partial charge < -0.3 is 4.74 Å². The van der Waals surface area contributed by atoms with Gasteiger partial charge >= 0.3 is 0 Å². The third kappa shape index (κ3) is 3.14. The Bertz CT molecular complexity index is 513. The van der Waals surface area contributed by atoms with E-state index in [4.69, 9.17) is 16.3 Å². The normalized spacial score (nSPS) is 10.3. The van der Waals surface area contributed by atoms with Gasteiger partial charge in [-0.25, -0.2) is 4.39 Å². The van der Waals surface area contributed by atoms with Crippen molar-refractivity contribution >= 4 is 23.4 Å². The van der Waals surface area contributed by atoms with Gasteiger partial charge in [0.15, 0.2) is 0 Å². The van der Waals surface area contributed by atoms with E-state index in [9.17, 15) is 4.39 Å². The molecule has 0 N–H and O–H groups in total. The lowest BCUT2D eigenvalue weighted by Gasteiger charge is -2.05. The second-order valence-electron chi connectivity index (χ2n) is 3.35. The molecule has 2 aromatic carbocycles. The lowest BCUT2D eigenvalue weighted by molar-refractivity contribution is 0.410.